The molecular formula is C9H12O3. The van der Waals surface area contributed by atoms with E-state index in [-0.39, 0.29) is 11.4 Å². The Balaban J connectivity index is 0.000000561. The lowest BCUT2D eigenvalue weighted by Gasteiger charge is -2.03. The van der Waals surface area contributed by atoms with Crippen molar-refractivity contribution in [3.8, 4) is 0 Å². The van der Waals surface area contributed by atoms with Crippen molar-refractivity contribution in [1.29, 1.82) is 0 Å². The van der Waals surface area contributed by atoms with Gasteiger partial charge >= 0.3 is 0 Å². The second-order valence-corrected chi connectivity index (χ2v) is 2.04. The molecule has 0 atom stereocenters. The summed E-state index contributed by atoms with van der Waals surface area (Å²) in [5.41, 5.74) is 0.118. The number of allylic oxidation sites excluding steroid dienone is 3. The Morgan fingerprint density at radius 1 is 1.08 bits per heavy atom. The van der Waals surface area contributed by atoms with Gasteiger partial charge in [-0.05, 0) is 19.1 Å². The van der Waals surface area contributed by atoms with E-state index in [9.17, 15) is 9.59 Å². The quantitative estimate of drug-likeness (QED) is 0.558. The lowest BCUT2D eigenvalue weighted by atomic mass is 10.0. The van der Waals surface area contributed by atoms with Crippen LogP contribution in [0.25, 0.3) is 0 Å². The fraction of sp³-hybridized carbons (Fsp3) is 0.333. The molecule has 0 fully saturated rings. The third kappa shape index (κ3) is 2.05. The molecule has 0 saturated heterocycles. The molecule has 0 heterocycles. The highest BCUT2D eigenvalue weighted by Crippen LogP contribution is 2.09. The lowest BCUT2D eigenvalue weighted by Crippen LogP contribution is -2.11. The number of aliphatic hydroxyl groups excluding tert-OH is 1. The van der Waals surface area contributed by atoms with Crippen molar-refractivity contribution in [2.75, 3.05) is 0 Å². The van der Waals surface area contributed by atoms with Crippen LogP contribution in [0.1, 0.15) is 20.8 Å². The molecule has 0 amide bonds. The maximum absolute atomic E-state index is 10.7. The summed E-state index contributed by atoms with van der Waals surface area (Å²) in [4.78, 5) is 21.3. The number of rotatable bonds is 0. The zero-order chi connectivity index (χ0) is 9.72. The fourth-order valence-corrected chi connectivity index (χ4v) is 0.657. The van der Waals surface area contributed by atoms with Gasteiger partial charge < -0.3 is 5.11 Å². The van der Waals surface area contributed by atoms with Gasteiger partial charge in [-0.1, -0.05) is 13.8 Å². The van der Waals surface area contributed by atoms with Gasteiger partial charge in [-0.25, -0.2) is 0 Å². The second kappa shape index (κ2) is 4.49. The minimum absolute atomic E-state index is 0.118. The van der Waals surface area contributed by atoms with Gasteiger partial charge in [0.15, 0.2) is 11.5 Å². The molecule has 0 aromatic carbocycles. The standard InChI is InChI=1S/C7H6O3.C2H6/c1-4-5(8)2-3-6(9)7(4)10;1-2/h2-3,10H,1H3;1-2H3. The molecule has 0 bridgehead atoms. The predicted octanol–water partition coefficient (Wildman–Crippen LogP) is 1.55. The number of hydrogen-bond acceptors (Lipinski definition) is 3. The van der Waals surface area contributed by atoms with E-state index >= 15 is 0 Å². The summed E-state index contributed by atoms with van der Waals surface area (Å²) in [5, 5.41) is 8.87. The van der Waals surface area contributed by atoms with Crippen LogP contribution >= 0.6 is 0 Å². The molecule has 0 aromatic rings. The summed E-state index contributed by atoms with van der Waals surface area (Å²) in [6, 6.07) is 0. The molecule has 1 aliphatic rings. The van der Waals surface area contributed by atoms with Crippen molar-refractivity contribution in [2.24, 2.45) is 0 Å². The van der Waals surface area contributed by atoms with E-state index in [2.05, 4.69) is 0 Å². The van der Waals surface area contributed by atoms with Crippen LogP contribution in [0.15, 0.2) is 23.5 Å². The number of carbonyl (C=O) groups excluding carboxylic acids is 2. The largest absolute Gasteiger partial charge is 0.504 e. The summed E-state index contributed by atoms with van der Waals surface area (Å²) < 4.78 is 0. The van der Waals surface area contributed by atoms with Gasteiger partial charge in [-0.2, -0.15) is 0 Å². The molecule has 0 unspecified atom stereocenters. The van der Waals surface area contributed by atoms with E-state index in [1.807, 2.05) is 13.8 Å². The number of carbonyl (C=O) groups is 2. The van der Waals surface area contributed by atoms with Crippen molar-refractivity contribution in [1.82, 2.24) is 0 Å². The van der Waals surface area contributed by atoms with Gasteiger partial charge in [0.05, 0.1) is 0 Å². The SMILES string of the molecule is CC.CC1=C(O)C(=O)C=CC1=O. The molecule has 12 heavy (non-hydrogen) atoms. The molecule has 0 saturated carbocycles. The van der Waals surface area contributed by atoms with E-state index in [0.29, 0.717) is 0 Å². The number of ketones is 2. The first-order valence-electron chi connectivity index (χ1n) is 3.79. The molecule has 66 valence electrons. The summed E-state index contributed by atoms with van der Waals surface area (Å²) in [7, 11) is 0. The fourth-order valence-electron chi connectivity index (χ4n) is 0.657. The number of aliphatic hydroxyl groups is 1. The van der Waals surface area contributed by atoms with Crippen molar-refractivity contribution in [2.45, 2.75) is 20.8 Å². The van der Waals surface area contributed by atoms with Gasteiger partial charge in [0.1, 0.15) is 0 Å². The van der Waals surface area contributed by atoms with Crippen LogP contribution in [0.3, 0.4) is 0 Å². The van der Waals surface area contributed by atoms with Crippen LogP contribution in [0.4, 0.5) is 0 Å². The van der Waals surface area contributed by atoms with Gasteiger partial charge in [-0.3, -0.25) is 9.59 Å². The van der Waals surface area contributed by atoms with Crippen LogP contribution in [0.5, 0.6) is 0 Å². The van der Waals surface area contributed by atoms with Crippen molar-refractivity contribution in [3.05, 3.63) is 23.5 Å². The third-order valence-corrected chi connectivity index (χ3v) is 1.34. The van der Waals surface area contributed by atoms with Crippen LogP contribution in [-0.2, 0) is 9.59 Å². The van der Waals surface area contributed by atoms with E-state index in [4.69, 9.17) is 5.11 Å². The Labute approximate surface area is 71.4 Å². The predicted molar refractivity (Wildman–Crippen MR) is 45.8 cm³/mol. The second-order valence-electron chi connectivity index (χ2n) is 2.04. The molecule has 1 rings (SSSR count). The van der Waals surface area contributed by atoms with E-state index in [1.165, 1.54) is 6.92 Å². The molecule has 0 radical (unpaired) electrons. The minimum Gasteiger partial charge on any atom is -0.504 e. The highest BCUT2D eigenvalue weighted by molar-refractivity contribution is 6.18. The summed E-state index contributed by atoms with van der Waals surface area (Å²) >= 11 is 0. The average Bonchev–Trinajstić information content (AvgIpc) is 2.12. The topological polar surface area (TPSA) is 54.4 Å². The van der Waals surface area contributed by atoms with E-state index in [1.54, 1.807) is 0 Å². The highest BCUT2D eigenvalue weighted by Gasteiger charge is 2.17. The summed E-state index contributed by atoms with van der Waals surface area (Å²) in [6.45, 7) is 5.42. The minimum atomic E-state index is -0.503. The third-order valence-electron chi connectivity index (χ3n) is 1.34. The van der Waals surface area contributed by atoms with Crippen LogP contribution in [0.2, 0.25) is 0 Å². The van der Waals surface area contributed by atoms with Gasteiger partial charge in [0, 0.05) is 5.57 Å². The molecule has 1 aliphatic carbocycles. The van der Waals surface area contributed by atoms with E-state index in [0.717, 1.165) is 12.2 Å². The van der Waals surface area contributed by atoms with Crippen LogP contribution in [-0.4, -0.2) is 16.7 Å². The molecular weight excluding hydrogens is 156 g/mol. The van der Waals surface area contributed by atoms with Crippen LogP contribution < -0.4 is 0 Å². The first-order valence-corrected chi connectivity index (χ1v) is 3.79. The van der Waals surface area contributed by atoms with Crippen molar-refractivity contribution >= 4 is 11.6 Å². The van der Waals surface area contributed by atoms with Gasteiger partial charge in [0.2, 0.25) is 5.78 Å². The highest BCUT2D eigenvalue weighted by atomic mass is 16.3. The molecule has 1 N–H and O–H groups in total. The maximum Gasteiger partial charge on any atom is 0.220 e. The summed E-state index contributed by atoms with van der Waals surface area (Å²) in [5.74, 6) is -1.25. The van der Waals surface area contributed by atoms with Crippen molar-refractivity contribution in [3.63, 3.8) is 0 Å². The normalized spacial score (nSPS) is 15.9. The molecule has 3 nitrogen and oxygen atoms in total. The average molecular weight is 168 g/mol. The Morgan fingerprint density at radius 3 is 1.92 bits per heavy atom. The Morgan fingerprint density at radius 2 is 1.50 bits per heavy atom. The Kier molecular flexibility index (Phi) is 3.97. The monoisotopic (exact) mass is 168 g/mol. The Hall–Kier alpha value is -1.38. The van der Waals surface area contributed by atoms with Gasteiger partial charge in [0.25, 0.3) is 0 Å². The molecule has 0 aromatic heterocycles. The smallest absolute Gasteiger partial charge is 0.220 e. The zero-order valence-corrected chi connectivity index (χ0v) is 7.42. The molecule has 0 spiro atoms. The zero-order valence-electron chi connectivity index (χ0n) is 7.42. The maximum atomic E-state index is 10.7. The van der Waals surface area contributed by atoms with Crippen LogP contribution in [0, 0.1) is 0 Å². The molecule has 3 heteroatoms. The Bertz CT molecular complexity index is 233. The summed E-state index contributed by atoms with van der Waals surface area (Å²) in [6.07, 6.45) is 2.21. The number of hydrogen-bond donors (Lipinski definition) is 1. The van der Waals surface area contributed by atoms with Gasteiger partial charge in [-0.15, -0.1) is 0 Å². The first-order chi connectivity index (χ1) is 5.63. The molecule has 0 aliphatic heterocycles. The van der Waals surface area contributed by atoms with E-state index < -0.39 is 11.5 Å². The van der Waals surface area contributed by atoms with Crippen molar-refractivity contribution < 1.29 is 14.7 Å². The first kappa shape index (κ1) is 10.6. The lowest BCUT2D eigenvalue weighted by molar-refractivity contribution is -0.117.